The van der Waals surface area contributed by atoms with E-state index < -0.39 is 0 Å². The third-order valence-corrected chi connectivity index (χ3v) is 3.05. The Kier molecular flexibility index (Phi) is 3.85. The molecular formula is C14H16N2O3. The Morgan fingerprint density at radius 2 is 2.21 bits per heavy atom. The van der Waals surface area contributed by atoms with Crippen LogP contribution in [-0.4, -0.2) is 29.9 Å². The molecule has 2 aromatic heterocycles. The summed E-state index contributed by atoms with van der Waals surface area (Å²) in [6.07, 6.45) is 3.10. The zero-order valence-electron chi connectivity index (χ0n) is 11.2. The van der Waals surface area contributed by atoms with Crippen LogP contribution in [0.25, 0.3) is 0 Å². The first-order valence-electron chi connectivity index (χ1n) is 5.94. The van der Waals surface area contributed by atoms with E-state index in [0.717, 1.165) is 5.76 Å². The molecule has 0 N–H and O–H groups in total. The predicted molar refractivity (Wildman–Crippen MR) is 70.0 cm³/mol. The normalized spacial score (nSPS) is 11.9. The highest BCUT2D eigenvalue weighted by molar-refractivity contribution is 5.94. The number of hydrogen-bond donors (Lipinski definition) is 0. The van der Waals surface area contributed by atoms with Gasteiger partial charge in [-0.2, -0.15) is 0 Å². The lowest BCUT2D eigenvalue weighted by molar-refractivity contribution is 0.0725. The van der Waals surface area contributed by atoms with Crippen molar-refractivity contribution in [2.45, 2.75) is 13.0 Å². The minimum Gasteiger partial charge on any atom is -0.481 e. The van der Waals surface area contributed by atoms with E-state index in [1.54, 1.807) is 36.4 Å². The number of methoxy groups -OCH3 is 1. The van der Waals surface area contributed by atoms with Crippen LogP contribution in [0.15, 0.2) is 41.1 Å². The molecule has 0 aliphatic heterocycles. The van der Waals surface area contributed by atoms with E-state index >= 15 is 0 Å². The summed E-state index contributed by atoms with van der Waals surface area (Å²) >= 11 is 0. The summed E-state index contributed by atoms with van der Waals surface area (Å²) in [5, 5.41) is 0. The van der Waals surface area contributed by atoms with Crippen molar-refractivity contribution in [2.75, 3.05) is 14.2 Å². The van der Waals surface area contributed by atoms with Crippen molar-refractivity contribution < 1.29 is 13.9 Å². The molecule has 0 aliphatic rings. The van der Waals surface area contributed by atoms with Gasteiger partial charge in [0.2, 0.25) is 5.88 Å². The van der Waals surface area contributed by atoms with Crippen molar-refractivity contribution in [3.63, 3.8) is 0 Å². The topological polar surface area (TPSA) is 55.6 Å². The van der Waals surface area contributed by atoms with Gasteiger partial charge < -0.3 is 14.1 Å². The second-order valence-electron chi connectivity index (χ2n) is 4.20. The van der Waals surface area contributed by atoms with Crippen LogP contribution in [0.3, 0.4) is 0 Å². The van der Waals surface area contributed by atoms with Gasteiger partial charge in [-0.25, -0.2) is 4.98 Å². The molecule has 5 heteroatoms. The predicted octanol–water partition coefficient (Wildman–Crippen LogP) is 2.52. The minimum absolute atomic E-state index is 0.112. The van der Waals surface area contributed by atoms with E-state index in [1.165, 1.54) is 13.3 Å². The Labute approximate surface area is 111 Å². The van der Waals surface area contributed by atoms with E-state index in [4.69, 9.17) is 9.15 Å². The van der Waals surface area contributed by atoms with Crippen LogP contribution in [0.5, 0.6) is 5.88 Å². The quantitative estimate of drug-likeness (QED) is 0.847. The summed E-state index contributed by atoms with van der Waals surface area (Å²) in [6, 6.07) is 6.88. The fourth-order valence-corrected chi connectivity index (χ4v) is 1.73. The van der Waals surface area contributed by atoms with Gasteiger partial charge in [-0.15, -0.1) is 0 Å². The maximum atomic E-state index is 12.3. The van der Waals surface area contributed by atoms with Crippen molar-refractivity contribution in [2.24, 2.45) is 0 Å². The van der Waals surface area contributed by atoms with Crippen LogP contribution in [0.1, 0.15) is 29.1 Å². The number of pyridine rings is 1. The van der Waals surface area contributed by atoms with E-state index in [2.05, 4.69) is 4.98 Å². The monoisotopic (exact) mass is 260 g/mol. The summed E-state index contributed by atoms with van der Waals surface area (Å²) < 4.78 is 10.3. The van der Waals surface area contributed by atoms with Crippen LogP contribution in [0.2, 0.25) is 0 Å². The third-order valence-electron chi connectivity index (χ3n) is 3.05. The van der Waals surface area contributed by atoms with Crippen LogP contribution in [0.4, 0.5) is 0 Å². The Morgan fingerprint density at radius 1 is 1.42 bits per heavy atom. The van der Waals surface area contributed by atoms with Gasteiger partial charge in [-0.1, -0.05) is 0 Å². The van der Waals surface area contributed by atoms with Crippen LogP contribution in [-0.2, 0) is 0 Å². The lowest BCUT2D eigenvalue weighted by Gasteiger charge is -2.23. The van der Waals surface area contributed by atoms with Crippen molar-refractivity contribution >= 4 is 5.91 Å². The van der Waals surface area contributed by atoms with E-state index in [0.29, 0.717) is 11.4 Å². The highest BCUT2D eigenvalue weighted by Gasteiger charge is 2.20. The smallest absolute Gasteiger partial charge is 0.255 e. The molecule has 1 amide bonds. The second kappa shape index (κ2) is 5.56. The van der Waals surface area contributed by atoms with Crippen molar-refractivity contribution in [3.8, 4) is 5.88 Å². The molecule has 2 rings (SSSR count). The molecule has 0 radical (unpaired) electrons. The molecule has 2 heterocycles. The van der Waals surface area contributed by atoms with E-state index in [9.17, 15) is 4.79 Å². The number of aromatic nitrogens is 1. The molecule has 0 saturated carbocycles. The Morgan fingerprint density at radius 3 is 2.74 bits per heavy atom. The van der Waals surface area contributed by atoms with Gasteiger partial charge in [0.25, 0.3) is 5.91 Å². The second-order valence-corrected chi connectivity index (χ2v) is 4.20. The summed E-state index contributed by atoms with van der Waals surface area (Å²) in [5.74, 6) is 1.12. The first kappa shape index (κ1) is 13.1. The summed E-state index contributed by atoms with van der Waals surface area (Å²) in [5.41, 5.74) is 0.515. The molecule has 2 aromatic rings. The molecule has 1 unspecified atom stereocenters. The molecule has 1 atom stereocenters. The Balaban J connectivity index is 2.14. The maximum Gasteiger partial charge on any atom is 0.255 e. The van der Waals surface area contributed by atoms with Gasteiger partial charge in [0.15, 0.2) is 0 Å². The summed E-state index contributed by atoms with van der Waals surface area (Å²) in [7, 11) is 3.27. The standard InChI is InChI=1S/C14H16N2O3/c1-10(12-5-4-8-19-12)16(2)14(17)11-6-7-13(18-3)15-9-11/h4-10H,1-3H3. The third kappa shape index (κ3) is 2.76. The SMILES string of the molecule is COc1ccc(C(=O)N(C)C(C)c2ccco2)cn1. The Bertz CT molecular complexity index is 534. The number of furan rings is 1. The maximum absolute atomic E-state index is 12.3. The van der Waals surface area contributed by atoms with E-state index in [1.807, 2.05) is 13.0 Å². The van der Waals surface area contributed by atoms with Crippen LogP contribution in [0, 0.1) is 0 Å². The van der Waals surface area contributed by atoms with Gasteiger partial charge >= 0.3 is 0 Å². The zero-order valence-corrected chi connectivity index (χ0v) is 11.2. The molecule has 0 fully saturated rings. The first-order chi connectivity index (χ1) is 9.13. The van der Waals surface area contributed by atoms with Crippen LogP contribution < -0.4 is 4.74 Å². The molecule has 0 aromatic carbocycles. The molecule has 5 nitrogen and oxygen atoms in total. The first-order valence-corrected chi connectivity index (χ1v) is 5.94. The van der Waals surface area contributed by atoms with Gasteiger partial charge in [0.1, 0.15) is 5.76 Å². The number of hydrogen-bond acceptors (Lipinski definition) is 4. The number of rotatable bonds is 4. The minimum atomic E-state index is -0.135. The highest BCUT2D eigenvalue weighted by atomic mass is 16.5. The van der Waals surface area contributed by atoms with Crippen molar-refractivity contribution in [1.82, 2.24) is 9.88 Å². The number of nitrogens with zero attached hydrogens (tertiary/aromatic N) is 2. The number of carbonyl (C=O) groups excluding carboxylic acids is 1. The lowest BCUT2D eigenvalue weighted by atomic mass is 10.2. The zero-order chi connectivity index (χ0) is 13.8. The fourth-order valence-electron chi connectivity index (χ4n) is 1.73. The number of amides is 1. The van der Waals surface area contributed by atoms with E-state index in [-0.39, 0.29) is 11.9 Å². The van der Waals surface area contributed by atoms with Crippen LogP contribution >= 0.6 is 0 Å². The molecule has 0 saturated heterocycles. The lowest BCUT2D eigenvalue weighted by Crippen LogP contribution is -2.29. The van der Waals surface area contributed by atoms with Crippen molar-refractivity contribution in [1.29, 1.82) is 0 Å². The Hall–Kier alpha value is -2.30. The number of ether oxygens (including phenoxy) is 1. The largest absolute Gasteiger partial charge is 0.481 e. The fraction of sp³-hybridized carbons (Fsp3) is 0.286. The number of carbonyl (C=O) groups is 1. The van der Waals surface area contributed by atoms with Gasteiger partial charge in [0, 0.05) is 19.3 Å². The van der Waals surface area contributed by atoms with Gasteiger partial charge in [-0.3, -0.25) is 4.79 Å². The molecule has 0 bridgehead atoms. The molecule has 19 heavy (non-hydrogen) atoms. The van der Waals surface area contributed by atoms with Crippen molar-refractivity contribution in [3.05, 3.63) is 48.0 Å². The molecule has 0 aliphatic carbocycles. The molecule has 100 valence electrons. The average Bonchev–Trinajstić information content (AvgIpc) is 2.99. The summed E-state index contributed by atoms with van der Waals surface area (Å²) in [6.45, 7) is 1.91. The molecule has 0 spiro atoms. The highest BCUT2D eigenvalue weighted by Crippen LogP contribution is 2.21. The average molecular weight is 260 g/mol. The van der Waals surface area contributed by atoms with Gasteiger partial charge in [-0.05, 0) is 25.1 Å². The molecular weight excluding hydrogens is 244 g/mol. The van der Waals surface area contributed by atoms with Gasteiger partial charge in [0.05, 0.1) is 25.0 Å². The summed E-state index contributed by atoms with van der Waals surface area (Å²) in [4.78, 5) is 17.9.